The Morgan fingerprint density at radius 2 is 2.10 bits per heavy atom. The van der Waals surface area contributed by atoms with Crippen LogP contribution in [0.15, 0.2) is 24.0 Å². The van der Waals surface area contributed by atoms with Crippen molar-refractivity contribution in [2.75, 3.05) is 7.11 Å². The van der Waals surface area contributed by atoms with Crippen LogP contribution in [0.1, 0.15) is 0 Å². The third kappa shape index (κ3) is 3.29. The highest BCUT2D eigenvalue weighted by Gasteiger charge is 1.84. The number of hydrogen-bond acceptors (Lipinski definition) is 3. The third-order valence-corrected chi connectivity index (χ3v) is 0.765. The number of hydrogen-bond donors (Lipinski definition) is 0. The summed E-state index contributed by atoms with van der Waals surface area (Å²) < 4.78 is 4.69. The standard InChI is InChI=1S/C7H6N2O/c1-10-7(4-6-9)3-2-5-8/h2-4H,1H3/b3-2-,7-4-. The minimum atomic E-state index is 0.379. The summed E-state index contributed by atoms with van der Waals surface area (Å²) in [6, 6.07) is 3.56. The molecule has 0 aliphatic rings. The minimum Gasteiger partial charge on any atom is -0.496 e. The van der Waals surface area contributed by atoms with E-state index in [4.69, 9.17) is 15.3 Å². The molecule has 0 rings (SSSR count). The first kappa shape index (κ1) is 8.26. The number of nitriles is 2. The summed E-state index contributed by atoms with van der Waals surface area (Å²) in [5.41, 5.74) is 0. The Morgan fingerprint density at radius 3 is 2.50 bits per heavy atom. The van der Waals surface area contributed by atoms with Crippen LogP contribution in [-0.4, -0.2) is 7.11 Å². The molecule has 0 saturated heterocycles. The molecule has 0 saturated carbocycles. The van der Waals surface area contributed by atoms with E-state index in [9.17, 15) is 0 Å². The molecule has 0 fully saturated rings. The molecule has 0 spiro atoms. The van der Waals surface area contributed by atoms with Crippen LogP contribution in [-0.2, 0) is 4.74 Å². The van der Waals surface area contributed by atoms with E-state index in [1.165, 1.54) is 25.3 Å². The molecule has 0 aliphatic heterocycles. The molecule has 0 heterocycles. The van der Waals surface area contributed by atoms with Crippen LogP contribution in [0.3, 0.4) is 0 Å². The van der Waals surface area contributed by atoms with Crippen molar-refractivity contribution in [1.82, 2.24) is 0 Å². The van der Waals surface area contributed by atoms with Crippen LogP contribution >= 0.6 is 0 Å². The van der Waals surface area contributed by atoms with Crippen molar-refractivity contribution in [2.45, 2.75) is 0 Å². The molecule has 0 radical (unpaired) electrons. The van der Waals surface area contributed by atoms with E-state index in [2.05, 4.69) is 0 Å². The van der Waals surface area contributed by atoms with E-state index in [1.807, 2.05) is 0 Å². The lowest BCUT2D eigenvalue weighted by Crippen LogP contribution is -1.79. The van der Waals surface area contributed by atoms with Gasteiger partial charge in [0.05, 0.1) is 25.3 Å². The molecule has 0 aliphatic carbocycles. The average Bonchev–Trinajstić information content (AvgIpc) is 1.98. The second-order valence-electron chi connectivity index (χ2n) is 1.34. The summed E-state index contributed by atoms with van der Waals surface area (Å²) in [4.78, 5) is 0. The number of allylic oxidation sites excluding steroid dienone is 3. The van der Waals surface area contributed by atoms with E-state index in [1.54, 1.807) is 12.1 Å². The lowest BCUT2D eigenvalue weighted by atomic mass is 10.4. The van der Waals surface area contributed by atoms with Gasteiger partial charge in [0, 0.05) is 6.08 Å². The first-order valence-corrected chi connectivity index (χ1v) is 2.55. The smallest absolute Gasteiger partial charge is 0.130 e. The van der Waals surface area contributed by atoms with E-state index in [0.717, 1.165) is 0 Å². The molecule has 0 atom stereocenters. The summed E-state index contributed by atoms with van der Waals surface area (Å²) in [5.74, 6) is 0.379. The van der Waals surface area contributed by atoms with E-state index < -0.39 is 0 Å². The zero-order valence-electron chi connectivity index (χ0n) is 5.53. The second kappa shape index (κ2) is 5.40. The molecule has 0 aromatic rings. The molecule has 10 heavy (non-hydrogen) atoms. The van der Waals surface area contributed by atoms with Crippen molar-refractivity contribution in [3.63, 3.8) is 0 Å². The largest absolute Gasteiger partial charge is 0.496 e. The zero-order valence-corrected chi connectivity index (χ0v) is 5.53. The van der Waals surface area contributed by atoms with Crippen molar-refractivity contribution < 1.29 is 4.74 Å². The molecule has 0 bridgehead atoms. The van der Waals surface area contributed by atoms with E-state index >= 15 is 0 Å². The first-order chi connectivity index (χ1) is 4.85. The zero-order chi connectivity index (χ0) is 7.82. The number of nitrogens with zero attached hydrogens (tertiary/aromatic N) is 2. The van der Waals surface area contributed by atoms with Crippen molar-refractivity contribution in [2.24, 2.45) is 0 Å². The number of methoxy groups -OCH3 is 1. The van der Waals surface area contributed by atoms with Gasteiger partial charge >= 0.3 is 0 Å². The quantitative estimate of drug-likeness (QED) is 0.323. The fraction of sp³-hybridized carbons (Fsp3) is 0.143. The third-order valence-electron chi connectivity index (χ3n) is 0.765. The molecular formula is C7H6N2O. The molecule has 0 unspecified atom stereocenters. The lowest BCUT2D eigenvalue weighted by molar-refractivity contribution is 0.307. The molecule has 3 heteroatoms. The van der Waals surface area contributed by atoms with Crippen LogP contribution in [0, 0.1) is 22.7 Å². The summed E-state index contributed by atoms with van der Waals surface area (Å²) in [5, 5.41) is 16.2. The molecule has 50 valence electrons. The monoisotopic (exact) mass is 134 g/mol. The van der Waals surface area contributed by atoms with Crippen molar-refractivity contribution in [1.29, 1.82) is 10.5 Å². The molecule has 0 aromatic heterocycles. The van der Waals surface area contributed by atoms with Gasteiger partial charge in [0.2, 0.25) is 0 Å². The number of rotatable bonds is 2. The molecule has 0 aromatic carbocycles. The van der Waals surface area contributed by atoms with E-state index in [0.29, 0.717) is 5.76 Å². The minimum absolute atomic E-state index is 0.379. The van der Waals surface area contributed by atoms with Crippen molar-refractivity contribution in [3.05, 3.63) is 24.0 Å². The highest BCUT2D eigenvalue weighted by atomic mass is 16.5. The Morgan fingerprint density at radius 1 is 1.40 bits per heavy atom. The molecule has 0 amide bonds. The van der Waals surface area contributed by atoms with Gasteiger partial charge in [-0.1, -0.05) is 0 Å². The van der Waals surface area contributed by atoms with Crippen LogP contribution in [0.5, 0.6) is 0 Å². The Hall–Kier alpha value is -1.74. The predicted octanol–water partition coefficient (Wildman–Crippen LogP) is 1.12. The summed E-state index contributed by atoms with van der Waals surface area (Å²) >= 11 is 0. The van der Waals surface area contributed by atoms with Gasteiger partial charge in [0.25, 0.3) is 0 Å². The van der Waals surface area contributed by atoms with Crippen LogP contribution in [0.4, 0.5) is 0 Å². The van der Waals surface area contributed by atoms with Gasteiger partial charge in [-0.3, -0.25) is 0 Å². The maximum Gasteiger partial charge on any atom is 0.130 e. The highest BCUT2D eigenvalue weighted by Crippen LogP contribution is 1.94. The maximum absolute atomic E-state index is 8.14. The van der Waals surface area contributed by atoms with Gasteiger partial charge in [-0.2, -0.15) is 10.5 Å². The van der Waals surface area contributed by atoms with E-state index in [-0.39, 0.29) is 0 Å². The highest BCUT2D eigenvalue weighted by molar-refractivity contribution is 5.22. The Balaban J connectivity index is 4.15. The predicted molar refractivity (Wildman–Crippen MR) is 35.5 cm³/mol. The normalized spacial score (nSPS) is 10.5. The molecular weight excluding hydrogens is 128 g/mol. The van der Waals surface area contributed by atoms with Gasteiger partial charge in [-0.25, -0.2) is 0 Å². The van der Waals surface area contributed by atoms with Crippen LogP contribution in [0.2, 0.25) is 0 Å². The Labute approximate surface area is 59.4 Å². The van der Waals surface area contributed by atoms with Gasteiger partial charge in [0.1, 0.15) is 5.76 Å². The topological polar surface area (TPSA) is 56.8 Å². The first-order valence-electron chi connectivity index (χ1n) is 2.55. The fourth-order valence-electron chi connectivity index (χ4n) is 0.358. The van der Waals surface area contributed by atoms with Crippen molar-refractivity contribution in [3.8, 4) is 12.1 Å². The van der Waals surface area contributed by atoms with Crippen molar-refractivity contribution >= 4 is 0 Å². The Bertz CT molecular complexity index is 227. The summed E-state index contributed by atoms with van der Waals surface area (Å²) in [7, 11) is 1.44. The fourth-order valence-corrected chi connectivity index (χ4v) is 0.358. The SMILES string of the molecule is COC(/C=C\C#N)=C\C#N. The maximum atomic E-state index is 8.14. The lowest BCUT2D eigenvalue weighted by Gasteiger charge is -1.93. The van der Waals surface area contributed by atoms with Gasteiger partial charge < -0.3 is 4.74 Å². The van der Waals surface area contributed by atoms with Gasteiger partial charge in [-0.15, -0.1) is 0 Å². The van der Waals surface area contributed by atoms with Gasteiger partial charge in [0.15, 0.2) is 0 Å². The second-order valence-corrected chi connectivity index (χ2v) is 1.34. The summed E-state index contributed by atoms with van der Waals surface area (Å²) in [6.07, 6.45) is 3.88. The molecule has 0 N–H and O–H groups in total. The molecule has 3 nitrogen and oxygen atoms in total. The number of ether oxygens (including phenoxy) is 1. The Kier molecular flexibility index (Phi) is 4.46. The van der Waals surface area contributed by atoms with Crippen LogP contribution < -0.4 is 0 Å². The van der Waals surface area contributed by atoms with Crippen LogP contribution in [0.25, 0.3) is 0 Å². The summed E-state index contributed by atoms with van der Waals surface area (Å²) in [6.45, 7) is 0. The average molecular weight is 134 g/mol. The van der Waals surface area contributed by atoms with Gasteiger partial charge in [-0.05, 0) is 6.08 Å².